The molecule has 1 heterocycles. The van der Waals surface area contributed by atoms with Crippen LogP contribution in [0.1, 0.15) is 11.1 Å². The first-order valence-electron chi connectivity index (χ1n) is 9.59. The van der Waals surface area contributed by atoms with E-state index in [1.165, 1.54) is 26.6 Å². The average molecular weight is 481 g/mol. The number of alkyl halides is 3. The number of nitrogens with zero attached hydrogens (tertiary/aromatic N) is 2. The maximum absolute atomic E-state index is 12.9. The Hall–Kier alpha value is -3.53. The summed E-state index contributed by atoms with van der Waals surface area (Å²) in [7, 11) is 2.81. The number of rotatable bonds is 8. The molecule has 2 aromatic carbocycles. The average Bonchev–Trinajstić information content (AvgIpc) is 2.77. The van der Waals surface area contributed by atoms with E-state index in [0.717, 1.165) is 5.56 Å². The standard InChI is InChI=1S/C22H20ClF3N4O3/c1-4-5-13-18-14(9-16(19(13)33-3)30-21(31)22(24,25)26)20(29-11-28-18)27-10-12-6-7-17(32-2)15(23)8-12/h4,6-9,11H,1,5,10H2,2-3H3,(H,30,31)(H,27,28,29). The summed E-state index contributed by atoms with van der Waals surface area (Å²) in [6.07, 6.45) is -1.95. The molecule has 11 heteroatoms. The van der Waals surface area contributed by atoms with E-state index >= 15 is 0 Å². The molecule has 0 radical (unpaired) electrons. The van der Waals surface area contributed by atoms with Crippen LogP contribution in [0.5, 0.6) is 11.5 Å². The van der Waals surface area contributed by atoms with Crippen LogP contribution in [0, 0.1) is 0 Å². The van der Waals surface area contributed by atoms with Crippen molar-refractivity contribution in [1.82, 2.24) is 9.97 Å². The van der Waals surface area contributed by atoms with Crippen LogP contribution in [0.15, 0.2) is 43.2 Å². The van der Waals surface area contributed by atoms with E-state index in [-0.39, 0.29) is 17.9 Å². The number of carbonyl (C=O) groups excluding carboxylic acids is 1. The Balaban J connectivity index is 2.06. The minimum Gasteiger partial charge on any atom is -0.495 e. The highest BCUT2D eigenvalue weighted by molar-refractivity contribution is 6.32. The molecule has 0 aliphatic carbocycles. The number of fused-ring (bicyclic) bond motifs is 1. The van der Waals surface area contributed by atoms with Gasteiger partial charge in [0.15, 0.2) is 0 Å². The SMILES string of the molecule is C=CCc1c(OC)c(NC(=O)C(F)(F)F)cc2c(NCc3ccc(OC)c(Cl)c3)ncnc12. The van der Waals surface area contributed by atoms with Crippen molar-refractivity contribution < 1.29 is 27.4 Å². The number of ether oxygens (including phenoxy) is 2. The van der Waals surface area contributed by atoms with Gasteiger partial charge in [-0.05, 0) is 30.2 Å². The molecule has 3 aromatic rings. The fourth-order valence-electron chi connectivity index (χ4n) is 3.25. The number of methoxy groups -OCH3 is 2. The van der Waals surface area contributed by atoms with Gasteiger partial charge in [0.05, 0.1) is 30.4 Å². The zero-order valence-corrected chi connectivity index (χ0v) is 18.5. The predicted octanol–water partition coefficient (Wildman–Crippen LogP) is 5.14. The van der Waals surface area contributed by atoms with Gasteiger partial charge >= 0.3 is 12.1 Å². The summed E-state index contributed by atoms with van der Waals surface area (Å²) >= 11 is 6.17. The number of amides is 1. The zero-order valence-electron chi connectivity index (χ0n) is 17.7. The van der Waals surface area contributed by atoms with Gasteiger partial charge in [-0.3, -0.25) is 4.79 Å². The molecule has 0 bridgehead atoms. The maximum Gasteiger partial charge on any atom is 0.471 e. The molecule has 7 nitrogen and oxygen atoms in total. The zero-order chi connectivity index (χ0) is 24.2. The number of nitrogens with one attached hydrogen (secondary N) is 2. The number of carbonyl (C=O) groups is 1. The normalized spacial score (nSPS) is 11.2. The van der Waals surface area contributed by atoms with Gasteiger partial charge in [0.2, 0.25) is 0 Å². The van der Waals surface area contributed by atoms with E-state index < -0.39 is 12.1 Å². The van der Waals surface area contributed by atoms with Gasteiger partial charge in [-0.15, -0.1) is 6.58 Å². The summed E-state index contributed by atoms with van der Waals surface area (Å²) in [5, 5.41) is 5.84. The Morgan fingerprint density at radius 3 is 2.58 bits per heavy atom. The van der Waals surface area contributed by atoms with Crippen LogP contribution in [0.4, 0.5) is 24.7 Å². The summed E-state index contributed by atoms with van der Waals surface area (Å²) in [6, 6.07) is 6.59. The molecule has 33 heavy (non-hydrogen) atoms. The second-order valence-electron chi connectivity index (χ2n) is 6.82. The Bertz CT molecular complexity index is 1200. The van der Waals surface area contributed by atoms with Crippen LogP contribution < -0.4 is 20.1 Å². The van der Waals surface area contributed by atoms with E-state index in [0.29, 0.717) is 39.6 Å². The highest BCUT2D eigenvalue weighted by Gasteiger charge is 2.39. The van der Waals surface area contributed by atoms with Crippen molar-refractivity contribution in [3.05, 3.63) is 59.4 Å². The van der Waals surface area contributed by atoms with Crippen molar-refractivity contribution in [2.45, 2.75) is 19.1 Å². The third-order valence-corrected chi connectivity index (χ3v) is 5.01. The molecule has 3 rings (SSSR count). The Kier molecular flexibility index (Phi) is 7.27. The molecule has 0 saturated carbocycles. The smallest absolute Gasteiger partial charge is 0.471 e. The van der Waals surface area contributed by atoms with Crippen molar-refractivity contribution in [2.75, 3.05) is 24.9 Å². The molecule has 0 spiro atoms. The van der Waals surface area contributed by atoms with Gasteiger partial charge in [-0.1, -0.05) is 23.7 Å². The van der Waals surface area contributed by atoms with Gasteiger partial charge in [-0.25, -0.2) is 9.97 Å². The van der Waals surface area contributed by atoms with Crippen molar-refractivity contribution in [3.63, 3.8) is 0 Å². The minimum atomic E-state index is -5.07. The monoisotopic (exact) mass is 480 g/mol. The molecule has 0 aliphatic heterocycles. The fraction of sp³-hybridized carbons (Fsp3) is 0.227. The molecule has 0 aliphatic rings. The Morgan fingerprint density at radius 2 is 1.97 bits per heavy atom. The van der Waals surface area contributed by atoms with Crippen molar-refractivity contribution in [2.24, 2.45) is 0 Å². The quantitative estimate of drug-likeness (QED) is 0.434. The molecule has 174 valence electrons. The molecule has 0 unspecified atom stereocenters. The van der Waals surface area contributed by atoms with E-state index in [1.54, 1.807) is 18.2 Å². The van der Waals surface area contributed by atoms with E-state index in [9.17, 15) is 18.0 Å². The van der Waals surface area contributed by atoms with Crippen LogP contribution in [-0.4, -0.2) is 36.3 Å². The number of hydrogen-bond donors (Lipinski definition) is 2. The van der Waals surface area contributed by atoms with E-state index in [2.05, 4.69) is 21.9 Å². The molecule has 1 aromatic heterocycles. The number of hydrogen-bond acceptors (Lipinski definition) is 6. The molecule has 0 atom stereocenters. The first kappa shape index (κ1) is 24.1. The van der Waals surface area contributed by atoms with Crippen molar-refractivity contribution in [3.8, 4) is 11.5 Å². The van der Waals surface area contributed by atoms with Crippen LogP contribution >= 0.6 is 11.6 Å². The highest BCUT2D eigenvalue weighted by atomic mass is 35.5. The lowest BCUT2D eigenvalue weighted by atomic mass is 10.0. The largest absolute Gasteiger partial charge is 0.495 e. The number of anilines is 2. The second kappa shape index (κ2) is 9.95. The van der Waals surface area contributed by atoms with Crippen LogP contribution in [0.2, 0.25) is 5.02 Å². The van der Waals surface area contributed by atoms with Crippen LogP contribution in [-0.2, 0) is 17.8 Å². The molecule has 2 N–H and O–H groups in total. The molecule has 0 saturated heterocycles. The molecular formula is C22H20ClF3N4O3. The van der Waals surface area contributed by atoms with Gasteiger partial charge in [0.1, 0.15) is 23.6 Å². The van der Waals surface area contributed by atoms with Crippen molar-refractivity contribution in [1.29, 1.82) is 0 Å². The molecule has 0 fully saturated rings. The van der Waals surface area contributed by atoms with Crippen LogP contribution in [0.25, 0.3) is 10.9 Å². The third-order valence-electron chi connectivity index (χ3n) is 4.71. The Morgan fingerprint density at radius 1 is 1.21 bits per heavy atom. The highest BCUT2D eigenvalue weighted by Crippen LogP contribution is 2.38. The van der Waals surface area contributed by atoms with Gasteiger partial charge in [0.25, 0.3) is 0 Å². The first-order valence-corrected chi connectivity index (χ1v) is 9.97. The summed E-state index contributed by atoms with van der Waals surface area (Å²) in [6.45, 7) is 3.99. The van der Waals surface area contributed by atoms with Gasteiger partial charge in [0, 0.05) is 17.5 Å². The molecule has 1 amide bonds. The lowest BCUT2D eigenvalue weighted by Crippen LogP contribution is -2.30. The number of allylic oxidation sites excluding steroid dienone is 1. The second-order valence-corrected chi connectivity index (χ2v) is 7.23. The summed E-state index contributed by atoms with van der Waals surface area (Å²) < 4.78 is 49.1. The summed E-state index contributed by atoms with van der Waals surface area (Å²) in [4.78, 5) is 20.1. The van der Waals surface area contributed by atoms with Gasteiger partial charge in [-0.2, -0.15) is 13.2 Å². The summed E-state index contributed by atoms with van der Waals surface area (Å²) in [5.74, 6) is -1.18. The maximum atomic E-state index is 12.9. The summed E-state index contributed by atoms with van der Waals surface area (Å²) in [5.41, 5.74) is 1.56. The fourth-order valence-corrected chi connectivity index (χ4v) is 3.53. The first-order chi connectivity index (χ1) is 15.7. The number of halogens is 4. The predicted molar refractivity (Wildman–Crippen MR) is 120 cm³/mol. The van der Waals surface area contributed by atoms with Crippen molar-refractivity contribution >= 4 is 39.9 Å². The van der Waals surface area contributed by atoms with E-state index in [1.807, 2.05) is 11.4 Å². The van der Waals surface area contributed by atoms with Crippen LogP contribution in [0.3, 0.4) is 0 Å². The lowest BCUT2D eigenvalue weighted by molar-refractivity contribution is -0.167. The third kappa shape index (κ3) is 5.28. The number of benzene rings is 2. The van der Waals surface area contributed by atoms with E-state index in [4.69, 9.17) is 21.1 Å². The topological polar surface area (TPSA) is 85.4 Å². The molecular weight excluding hydrogens is 461 g/mol. The Labute approximate surface area is 192 Å². The number of aromatic nitrogens is 2. The van der Waals surface area contributed by atoms with Gasteiger partial charge < -0.3 is 20.1 Å². The lowest BCUT2D eigenvalue weighted by Gasteiger charge is -2.18. The minimum absolute atomic E-state index is 0.0617.